The minimum atomic E-state index is -0.765. The van der Waals surface area contributed by atoms with Gasteiger partial charge in [0.2, 0.25) is 0 Å². The monoisotopic (exact) mass is 250 g/mol. The van der Waals surface area contributed by atoms with Crippen LogP contribution in [0.4, 0.5) is 4.39 Å². The van der Waals surface area contributed by atoms with Gasteiger partial charge in [-0.1, -0.05) is 0 Å². The summed E-state index contributed by atoms with van der Waals surface area (Å²) >= 11 is 0. The van der Waals surface area contributed by atoms with Crippen LogP contribution >= 0.6 is 0 Å². The topological polar surface area (TPSA) is 46.5 Å². The van der Waals surface area contributed by atoms with Gasteiger partial charge in [-0.05, 0) is 42.4 Å². The molecule has 2 aliphatic rings. The Labute approximate surface area is 105 Å². The molecule has 0 unspecified atom stereocenters. The number of hydrogen-bond donors (Lipinski definition) is 1. The molecule has 4 heteroatoms. The second-order valence-electron chi connectivity index (χ2n) is 5.01. The zero-order chi connectivity index (χ0) is 12.7. The quantitative estimate of drug-likeness (QED) is 0.897. The molecule has 0 bridgehead atoms. The zero-order valence-corrected chi connectivity index (χ0v) is 10.0. The summed E-state index contributed by atoms with van der Waals surface area (Å²) in [6.07, 6.45) is 3.35. The van der Waals surface area contributed by atoms with Crippen molar-refractivity contribution < 1.29 is 19.0 Å². The van der Waals surface area contributed by atoms with E-state index in [0.29, 0.717) is 18.8 Å². The molecule has 1 aliphatic heterocycles. The summed E-state index contributed by atoms with van der Waals surface area (Å²) in [5.41, 5.74) is 3.20. The average molecular weight is 250 g/mol. The van der Waals surface area contributed by atoms with E-state index in [2.05, 4.69) is 0 Å². The molecule has 0 fully saturated rings. The van der Waals surface area contributed by atoms with Gasteiger partial charge in [0.15, 0.2) is 11.6 Å². The Hall–Kier alpha value is -1.58. The molecule has 0 spiro atoms. The summed E-state index contributed by atoms with van der Waals surface area (Å²) in [7, 11) is 0. The molecule has 96 valence electrons. The first kappa shape index (κ1) is 11.5. The number of rotatable bonds is 3. The zero-order valence-electron chi connectivity index (χ0n) is 10.0. The highest BCUT2D eigenvalue weighted by Crippen LogP contribution is 2.44. The molecule has 3 rings (SSSR count). The Morgan fingerprint density at radius 1 is 1.50 bits per heavy atom. The van der Waals surface area contributed by atoms with Gasteiger partial charge in [-0.3, -0.25) is 4.79 Å². The van der Waals surface area contributed by atoms with Crippen LogP contribution in [0.25, 0.3) is 0 Å². The largest absolute Gasteiger partial charge is 0.490 e. The number of aryl methyl sites for hydroxylation is 1. The lowest BCUT2D eigenvalue weighted by atomic mass is 9.91. The normalized spacial score (nSPS) is 20.4. The van der Waals surface area contributed by atoms with Crippen molar-refractivity contribution in [2.75, 3.05) is 6.61 Å². The van der Waals surface area contributed by atoms with E-state index in [1.165, 1.54) is 5.56 Å². The van der Waals surface area contributed by atoms with Crippen molar-refractivity contribution >= 4 is 5.97 Å². The van der Waals surface area contributed by atoms with Gasteiger partial charge in [-0.15, -0.1) is 0 Å². The summed E-state index contributed by atoms with van der Waals surface area (Å²) in [6, 6.07) is 1.57. The first-order chi connectivity index (χ1) is 8.66. The van der Waals surface area contributed by atoms with Gasteiger partial charge >= 0.3 is 5.97 Å². The van der Waals surface area contributed by atoms with E-state index < -0.39 is 5.97 Å². The molecule has 1 atom stereocenters. The number of halogens is 1. The van der Waals surface area contributed by atoms with Crippen molar-refractivity contribution in [2.45, 2.75) is 38.0 Å². The van der Waals surface area contributed by atoms with Gasteiger partial charge < -0.3 is 9.84 Å². The summed E-state index contributed by atoms with van der Waals surface area (Å²) in [5.74, 6) is -0.373. The van der Waals surface area contributed by atoms with Crippen molar-refractivity contribution in [3.05, 3.63) is 28.6 Å². The molecular formula is C14H15FO3. The maximum atomic E-state index is 13.8. The summed E-state index contributed by atoms with van der Waals surface area (Å²) < 4.78 is 19.1. The molecule has 18 heavy (non-hydrogen) atoms. The first-order valence-corrected chi connectivity index (χ1v) is 6.35. The predicted molar refractivity (Wildman–Crippen MR) is 63.5 cm³/mol. The second kappa shape index (κ2) is 4.26. The Morgan fingerprint density at radius 2 is 2.33 bits per heavy atom. The Kier molecular flexibility index (Phi) is 2.73. The fourth-order valence-electron chi connectivity index (χ4n) is 3.19. The third-order valence-electron chi connectivity index (χ3n) is 3.94. The van der Waals surface area contributed by atoms with Gasteiger partial charge in [0.05, 0.1) is 6.61 Å². The molecule has 1 aromatic rings. The van der Waals surface area contributed by atoms with E-state index in [0.717, 1.165) is 30.4 Å². The SMILES string of the molecule is O=C(O)CC[C@@H]1CCc2cc(F)c3c(c21)CCO3. The van der Waals surface area contributed by atoms with Gasteiger partial charge in [0.25, 0.3) is 0 Å². The van der Waals surface area contributed by atoms with Crippen LogP contribution in [0, 0.1) is 5.82 Å². The number of carboxylic acid groups (broad SMARTS) is 1. The number of ether oxygens (including phenoxy) is 1. The molecule has 1 heterocycles. The van der Waals surface area contributed by atoms with E-state index in [4.69, 9.17) is 9.84 Å². The van der Waals surface area contributed by atoms with Crippen LogP contribution < -0.4 is 4.74 Å². The predicted octanol–water partition coefficient (Wildman–Crippen LogP) is 2.66. The molecule has 0 amide bonds. The smallest absolute Gasteiger partial charge is 0.303 e. The molecule has 1 aliphatic carbocycles. The molecular weight excluding hydrogens is 235 g/mol. The lowest BCUT2D eigenvalue weighted by Crippen LogP contribution is -2.03. The fraction of sp³-hybridized carbons (Fsp3) is 0.500. The van der Waals surface area contributed by atoms with Crippen LogP contribution in [0.15, 0.2) is 6.07 Å². The summed E-state index contributed by atoms with van der Waals surface area (Å²) in [4.78, 5) is 10.7. The number of aliphatic carboxylic acids is 1. The van der Waals surface area contributed by atoms with Crippen LogP contribution in [0.2, 0.25) is 0 Å². The molecule has 0 aromatic heterocycles. The van der Waals surface area contributed by atoms with Crippen molar-refractivity contribution in [1.29, 1.82) is 0 Å². The van der Waals surface area contributed by atoms with Crippen LogP contribution in [-0.4, -0.2) is 17.7 Å². The van der Waals surface area contributed by atoms with Crippen molar-refractivity contribution in [3.63, 3.8) is 0 Å². The summed E-state index contributed by atoms with van der Waals surface area (Å²) in [6.45, 7) is 0.536. The lowest BCUT2D eigenvalue weighted by molar-refractivity contribution is -0.137. The third kappa shape index (κ3) is 1.76. The molecule has 0 radical (unpaired) electrons. The van der Waals surface area contributed by atoms with E-state index in [-0.39, 0.29) is 18.2 Å². The van der Waals surface area contributed by atoms with E-state index >= 15 is 0 Å². The Morgan fingerprint density at radius 3 is 3.11 bits per heavy atom. The number of fused-ring (bicyclic) bond motifs is 3. The maximum absolute atomic E-state index is 13.8. The van der Waals surface area contributed by atoms with Gasteiger partial charge in [-0.2, -0.15) is 0 Å². The standard InChI is InChI=1S/C14H15FO3/c15-11-7-9-2-1-8(3-4-12(16)17)13(9)10-5-6-18-14(10)11/h7-8H,1-6H2,(H,16,17)/t8-/m0/s1. The fourth-order valence-corrected chi connectivity index (χ4v) is 3.19. The molecule has 0 saturated heterocycles. The van der Waals surface area contributed by atoms with Crippen LogP contribution in [0.3, 0.4) is 0 Å². The van der Waals surface area contributed by atoms with Gasteiger partial charge in [-0.25, -0.2) is 4.39 Å². The summed E-state index contributed by atoms with van der Waals surface area (Å²) in [5, 5.41) is 8.77. The Balaban J connectivity index is 1.95. The molecule has 0 saturated carbocycles. The van der Waals surface area contributed by atoms with Gasteiger partial charge in [0.1, 0.15) is 0 Å². The lowest BCUT2D eigenvalue weighted by Gasteiger charge is -2.14. The molecule has 1 aromatic carbocycles. The maximum Gasteiger partial charge on any atom is 0.303 e. The number of carboxylic acids is 1. The average Bonchev–Trinajstić information content (AvgIpc) is 2.91. The number of hydrogen-bond acceptors (Lipinski definition) is 2. The van der Waals surface area contributed by atoms with E-state index in [1.807, 2.05) is 0 Å². The first-order valence-electron chi connectivity index (χ1n) is 6.35. The minimum absolute atomic E-state index is 0.178. The van der Waals surface area contributed by atoms with Crippen molar-refractivity contribution in [3.8, 4) is 5.75 Å². The van der Waals surface area contributed by atoms with Gasteiger partial charge in [0, 0.05) is 18.4 Å². The van der Waals surface area contributed by atoms with E-state index in [9.17, 15) is 9.18 Å². The molecule has 3 nitrogen and oxygen atoms in total. The number of carbonyl (C=O) groups is 1. The highest BCUT2D eigenvalue weighted by atomic mass is 19.1. The second-order valence-corrected chi connectivity index (χ2v) is 5.01. The third-order valence-corrected chi connectivity index (χ3v) is 3.94. The minimum Gasteiger partial charge on any atom is -0.490 e. The van der Waals surface area contributed by atoms with E-state index in [1.54, 1.807) is 6.07 Å². The highest BCUT2D eigenvalue weighted by molar-refractivity contribution is 5.67. The highest BCUT2D eigenvalue weighted by Gasteiger charge is 2.31. The Bertz CT molecular complexity index is 510. The van der Waals surface area contributed by atoms with Crippen LogP contribution in [-0.2, 0) is 17.6 Å². The molecule has 1 N–H and O–H groups in total. The van der Waals surface area contributed by atoms with Crippen molar-refractivity contribution in [2.24, 2.45) is 0 Å². The number of benzene rings is 1. The van der Waals surface area contributed by atoms with Crippen LogP contribution in [0.1, 0.15) is 41.9 Å². The van der Waals surface area contributed by atoms with Crippen LogP contribution in [0.5, 0.6) is 5.75 Å². The van der Waals surface area contributed by atoms with Crippen molar-refractivity contribution in [1.82, 2.24) is 0 Å².